The van der Waals surface area contributed by atoms with Crippen molar-refractivity contribution in [1.82, 2.24) is 14.7 Å². The molecular weight excluding hydrogens is 290 g/mol. The topological polar surface area (TPSA) is 60.9 Å². The van der Waals surface area contributed by atoms with Crippen molar-refractivity contribution >= 4 is 15.7 Å². The highest BCUT2D eigenvalue weighted by atomic mass is 32.2. The summed E-state index contributed by atoms with van der Waals surface area (Å²) in [7, 11) is -0.728. The zero-order chi connectivity index (χ0) is 15.3. The van der Waals surface area contributed by atoms with Gasteiger partial charge in [0.1, 0.15) is 0 Å². The average Bonchev–Trinajstić information content (AvgIpc) is 2.82. The molecule has 0 spiro atoms. The van der Waals surface area contributed by atoms with Crippen molar-refractivity contribution in [3.8, 4) is 0 Å². The van der Waals surface area contributed by atoms with Gasteiger partial charge >= 0.3 is 0 Å². The zero-order valence-electron chi connectivity index (χ0n) is 12.9. The van der Waals surface area contributed by atoms with Crippen molar-refractivity contribution in [2.24, 2.45) is 11.3 Å². The summed E-state index contributed by atoms with van der Waals surface area (Å²) in [4.78, 5) is 18.8. The molecule has 120 valence electrons. The van der Waals surface area contributed by atoms with Gasteiger partial charge in [0.25, 0.3) is 0 Å². The molecule has 0 aromatic carbocycles. The maximum atomic E-state index is 12.5. The van der Waals surface area contributed by atoms with E-state index in [-0.39, 0.29) is 22.8 Å². The van der Waals surface area contributed by atoms with Crippen LogP contribution in [0.2, 0.25) is 0 Å². The molecule has 0 unspecified atom stereocenters. The van der Waals surface area contributed by atoms with Gasteiger partial charge in [0, 0.05) is 44.7 Å². The van der Waals surface area contributed by atoms with Gasteiger partial charge in [-0.2, -0.15) is 0 Å². The lowest BCUT2D eigenvalue weighted by molar-refractivity contribution is -0.131. The van der Waals surface area contributed by atoms with Gasteiger partial charge in [-0.25, -0.2) is 8.42 Å². The fourth-order valence-electron chi connectivity index (χ4n) is 4.02. The normalized spacial score (nSPS) is 36.9. The van der Waals surface area contributed by atoms with Crippen molar-refractivity contribution in [3.05, 3.63) is 0 Å². The van der Waals surface area contributed by atoms with Crippen LogP contribution in [-0.4, -0.2) is 93.4 Å². The Kier molecular flexibility index (Phi) is 3.78. The number of likely N-dealkylation sites (tertiary alicyclic amines) is 2. The number of hydrogen-bond donors (Lipinski definition) is 0. The van der Waals surface area contributed by atoms with Crippen LogP contribution >= 0.6 is 0 Å². The van der Waals surface area contributed by atoms with Gasteiger partial charge in [0.2, 0.25) is 5.91 Å². The van der Waals surface area contributed by atoms with Crippen LogP contribution in [0.25, 0.3) is 0 Å². The predicted octanol–water partition coefficient (Wildman–Crippen LogP) is -0.873. The monoisotopic (exact) mass is 315 g/mol. The summed E-state index contributed by atoms with van der Waals surface area (Å²) < 4.78 is 22.8. The highest BCUT2D eigenvalue weighted by Crippen LogP contribution is 2.41. The molecule has 1 amide bonds. The second-order valence-electron chi connectivity index (χ2n) is 7.25. The molecule has 0 radical (unpaired) electrons. The van der Waals surface area contributed by atoms with Crippen molar-refractivity contribution in [2.75, 3.05) is 64.4 Å². The number of amides is 1. The Balaban J connectivity index is 1.54. The molecule has 2 atom stereocenters. The lowest BCUT2D eigenvalue weighted by atomic mass is 9.83. The third-order valence-electron chi connectivity index (χ3n) is 5.29. The number of carbonyl (C=O) groups excluding carboxylic acids is 1. The van der Waals surface area contributed by atoms with E-state index in [9.17, 15) is 13.2 Å². The highest BCUT2D eigenvalue weighted by molar-refractivity contribution is 7.91. The molecule has 3 saturated heterocycles. The van der Waals surface area contributed by atoms with Gasteiger partial charge in [-0.05, 0) is 13.0 Å². The number of rotatable bonds is 2. The van der Waals surface area contributed by atoms with E-state index in [2.05, 4.69) is 18.9 Å². The standard InChI is InChI=1S/C14H25N3O3S/c1-14-10-15(2)7-12(14)8-17(11-14)13(18)9-16-3-5-21(19,20)6-4-16/h12H,3-11H2,1-2H3/t12-,14+/m1/s1. The SMILES string of the molecule is CN1C[C@@H]2CN(C(=O)CN3CCS(=O)(=O)CC3)C[C@]2(C)C1. The van der Waals surface area contributed by atoms with E-state index in [0.717, 1.165) is 26.2 Å². The van der Waals surface area contributed by atoms with Crippen LogP contribution < -0.4 is 0 Å². The maximum Gasteiger partial charge on any atom is 0.236 e. The van der Waals surface area contributed by atoms with Gasteiger partial charge in [0.15, 0.2) is 9.84 Å². The summed E-state index contributed by atoms with van der Waals surface area (Å²) in [6.07, 6.45) is 0. The van der Waals surface area contributed by atoms with Crippen molar-refractivity contribution < 1.29 is 13.2 Å². The van der Waals surface area contributed by atoms with Gasteiger partial charge < -0.3 is 9.80 Å². The minimum Gasteiger partial charge on any atom is -0.341 e. The number of nitrogens with zero attached hydrogens (tertiary/aromatic N) is 3. The van der Waals surface area contributed by atoms with Crippen molar-refractivity contribution in [3.63, 3.8) is 0 Å². The molecule has 7 heteroatoms. The van der Waals surface area contributed by atoms with Crippen LogP contribution in [-0.2, 0) is 14.6 Å². The molecular formula is C14H25N3O3S. The maximum absolute atomic E-state index is 12.5. The van der Waals surface area contributed by atoms with E-state index in [1.807, 2.05) is 9.80 Å². The van der Waals surface area contributed by atoms with Gasteiger partial charge in [-0.3, -0.25) is 9.69 Å². The molecule has 3 heterocycles. The van der Waals surface area contributed by atoms with Crippen LogP contribution in [0.4, 0.5) is 0 Å². The summed E-state index contributed by atoms with van der Waals surface area (Å²) >= 11 is 0. The van der Waals surface area contributed by atoms with Gasteiger partial charge in [-0.15, -0.1) is 0 Å². The Morgan fingerprint density at radius 3 is 2.48 bits per heavy atom. The van der Waals surface area contributed by atoms with Crippen molar-refractivity contribution in [2.45, 2.75) is 6.92 Å². The molecule has 0 saturated carbocycles. The summed E-state index contributed by atoms with van der Waals surface area (Å²) in [5, 5.41) is 0. The van der Waals surface area contributed by atoms with E-state index in [0.29, 0.717) is 25.6 Å². The molecule has 0 aromatic heterocycles. The lowest BCUT2D eigenvalue weighted by Crippen LogP contribution is -2.46. The number of carbonyl (C=O) groups is 1. The molecule has 3 aliphatic heterocycles. The van der Waals surface area contributed by atoms with E-state index in [4.69, 9.17) is 0 Å². The first kappa shape index (κ1) is 15.2. The van der Waals surface area contributed by atoms with E-state index in [1.54, 1.807) is 0 Å². The van der Waals surface area contributed by atoms with Gasteiger partial charge in [0.05, 0.1) is 18.1 Å². The molecule has 3 aliphatic rings. The molecule has 0 aliphatic carbocycles. The van der Waals surface area contributed by atoms with Crippen LogP contribution in [0, 0.1) is 11.3 Å². The zero-order valence-corrected chi connectivity index (χ0v) is 13.7. The van der Waals surface area contributed by atoms with Crippen LogP contribution in [0.1, 0.15) is 6.92 Å². The number of sulfone groups is 1. The smallest absolute Gasteiger partial charge is 0.236 e. The first-order valence-corrected chi connectivity index (χ1v) is 9.49. The highest BCUT2D eigenvalue weighted by Gasteiger charge is 2.49. The van der Waals surface area contributed by atoms with E-state index in [1.165, 1.54) is 0 Å². The Morgan fingerprint density at radius 1 is 1.19 bits per heavy atom. The average molecular weight is 315 g/mol. The summed E-state index contributed by atoms with van der Waals surface area (Å²) in [6, 6.07) is 0. The molecule has 0 aromatic rings. The summed E-state index contributed by atoms with van der Waals surface area (Å²) in [5.41, 5.74) is 0.232. The summed E-state index contributed by atoms with van der Waals surface area (Å²) in [6.45, 7) is 7.46. The predicted molar refractivity (Wildman–Crippen MR) is 80.8 cm³/mol. The molecule has 0 bridgehead atoms. The Hall–Kier alpha value is -0.660. The van der Waals surface area contributed by atoms with E-state index < -0.39 is 9.84 Å². The Labute approximate surface area is 127 Å². The Morgan fingerprint density at radius 2 is 1.86 bits per heavy atom. The van der Waals surface area contributed by atoms with Crippen LogP contribution in [0.3, 0.4) is 0 Å². The quantitative estimate of drug-likeness (QED) is 0.663. The van der Waals surface area contributed by atoms with Crippen LogP contribution in [0.5, 0.6) is 0 Å². The molecule has 3 fully saturated rings. The fraction of sp³-hybridized carbons (Fsp3) is 0.929. The molecule has 0 N–H and O–H groups in total. The largest absolute Gasteiger partial charge is 0.341 e. The number of hydrogen-bond acceptors (Lipinski definition) is 5. The third-order valence-corrected chi connectivity index (χ3v) is 6.90. The minimum absolute atomic E-state index is 0.160. The first-order chi connectivity index (χ1) is 9.77. The first-order valence-electron chi connectivity index (χ1n) is 7.67. The van der Waals surface area contributed by atoms with Gasteiger partial charge in [-0.1, -0.05) is 6.92 Å². The Bertz CT molecular complexity index is 522. The molecule has 3 rings (SSSR count). The van der Waals surface area contributed by atoms with Crippen molar-refractivity contribution in [1.29, 1.82) is 0 Å². The molecule has 21 heavy (non-hydrogen) atoms. The third kappa shape index (κ3) is 3.10. The lowest BCUT2D eigenvalue weighted by Gasteiger charge is -2.29. The second kappa shape index (κ2) is 5.21. The fourth-order valence-corrected chi connectivity index (χ4v) is 5.30. The van der Waals surface area contributed by atoms with Crippen LogP contribution in [0.15, 0.2) is 0 Å². The second-order valence-corrected chi connectivity index (χ2v) is 9.55. The van der Waals surface area contributed by atoms with E-state index >= 15 is 0 Å². The molecule has 6 nitrogen and oxygen atoms in total. The number of fused-ring (bicyclic) bond motifs is 1. The minimum atomic E-state index is -2.87. The summed E-state index contributed by atoms with van der Waals surface area (Å²) in [5.74, 6) is 1.11.